The van der Waals surface area contributed by atoms with E-state index < -0.39 is 29.4 Å². The van der Waals surface area contributed by atoms with Crippen LogP contribution >= 0.6 is 11.6 Å². The average Bonchev–Trinajstić information content (AvgIpc) is 3.21. The van der Waals surface area contributed by atoms with Gasteiger partial charge in [-0.2, -0.15) is 0 Å². The summed E-state index contributed by atoms with van der Waals surface area (Å²) in [5, 5.41) is 0.443. The summed E-state index contributed by atoms with van der Waals surface area (Å²) >= 11 is 6.62. The minimum atomic E-state index is -0.992. The lowest BCUT2D eigenvalue weighted by Gasteiger charge is -2.27. The maximum absolute atomic E-state index is 14.7. The predicted octanol–water partition coefficient (Wildman–Crippen LogP) is 8.94. The molecule has 5 rings (SSSR count). The molecule has 1 aliphatic heterocycles. The van der Waals surface area contributed by atoms with E-state index in [4.69, 9.17) is 30.8 Å². The van der Waals surface area contributed by atoms with Gasteiger partial charge in [0.1, 0.15) is 23.0 Å². The van der Waals surface area contributed by atoms with Crippen molar-refractivity contribution in [3.63, 3.8) is 0 Å². The number of hydrogen-bond donors (Lipinski definition) is 0. The van der Waals surface area contributed by atoms with Crippen LogP contribution in [0.2, 0.25) is 5.02 Å². The quantitative estimate of drug-likeness (QED) is 0.166. The Labute approximate surface area is 322 Å². The Bertz CT molecular complexity index is 2010. The maximum Gasteiger partial charge on any atom is 0.427 e. The van der Waals surface area contributed by atoms with Crippen molar-refractivity contribution in [1.29, 1.82) is 0 Å². The molecule has 2 heterocycles. The van der Waals surface area contributed by atoms with E-state index in [1.54, 1.807) is 65.7 Å². The van der Waals surface area contributed by atoms with Gasteiger partial charge in [-0.3, -0.25) is 9.79 Å². The van der Waals surface area contributed by atoms with Gasteiger partial charge in [0.2, 0.25) is 5.95 Å². The number of imide groups is 1. The van der Waals surface area contributed by atoms with Gasteiger partial charge in [0.15, 0.2) is 0 Å². The molecular weight excluding hydrogens is 706 g/mol. The largest absolute Gasteiger partial charge is 0.497 e. The highest BCUT2D eigenvalue weighted by Gasteiger charge is 2.36. The van der Waals surface area contributed by atoms with E-state index in [0.717, 1.165) is 24.0 Å². The summed E-state index contributed by atoms with van der Waals surface area (Å²) in [6, 6.07) is 18.4. The molecule has 0 saturated carbocycles. The first-order valence-electron chi connectivity index (χ1n) is 18.0. The van der Waals surface area contributed by atoms with Crippen molar-refractivity contribution >= 4 is 47.0 Å². The molecule has 0 radical (unpaired) electrons. The highest BCUT2D eigenvalue weighted by Crippen LogP contribution is 2.33. The predicted molar refractivity (Wildman–Crippen MR) is 211 cm³/mol. The first-order chi connectivity index (χ1) is 25.5. The summed E-state index contributed by atoms with van der Waals surface area (Å²) in [6.45, 7) is 14.6. The third-order valence-corrected chi connectivity index (χ3v) is 8.80. The number of benzene rings is 3. The molecule has 4 aromatic rings. The zero-order valence-electron chi connectivity index (χ0n) is 32.4. The van der Waals surface area contributed by atoms with Crippen LogP contribution in [-0.2, 0) is 40.1 Å². The van der Waals surface area contributed by atoms with Crippen LogP contribution in [0.15, 0.2) is 78.0 Å². The average molecular weight is 754 g/mol. The van der Waals surface area contributed by atoms with Gasteiger partial charge in [-0.1, -0.05) is 55.8 Å². The lowest BCUT2D eigenvalue weighted by molar-refractivity contribution is -0.119. The molecular formula is C42H48ClN5O6. The Kier molecular flexibility index (Phi) is 12.1. The molecule has 1 aromatic heterocycles. The molecule has 0 fully saturated rings. The molecule has 1 unspecified atom stereocenters. The molecule has 0 aliphatic carbocycles. The van der Waals surface area contributed by atoms with Gasteiger partial charge in [0, 0.05) is 35.0 Å². The monoisotopic (exact) mass is 753 g/mol. The zero-order chi connectivity index (χ0) is 39.4. The normalized spacial score (nSPS) is 14.5. The van der Waals surface area contributed by atoms with Gasteiger partial charge in [-0.05, 0) is 107 Å². The Morgan fingerprint density at radius 2 is 1.41 bits per heavy atom. The van der Waals surface area contributed by atoms with Crippen molar-refractivity contribution < 1.29 is 28.6 Å². The first kappa shape index (κ1) is 39.9. The van der Waals surface area contributed by atoms with E-state index in [-0.39, 0.29) is 18.4 Å². The van der Waals surface area contributed by atoms with Crippen LogP contribution in [0, 0.1) is 0 Å². The molecule has 3 aromatic carbocycles. The topological polar surface area (TPSA) is 124 Å². The summed E-state index contributed by atoms with van der Waals surface area (Å²) in [5.41, 5.74) is 4.61. The van der Waals surface area contributed by atoms with Gasteiger partial charge in [0.25, 0.3) is 5.91 Å². The van der Waals surface area contributed by atoms with E-state index in [9.17, 15) is 14.4 Å². The van der Waals surface area contributed by atoms with Crippen LogP contribution in [0.25, 0.3) is 0 Å². The molecule has 284 valence electrons. The van der Waals surface area contributed by atoms with E-state index in [2.05, 4.69) is 42.0 Å². The van der Waals surface area contributed by atoms with E-state index in [1.165, 1.54) is 23.5 Å². The Balaban J connectivity index is 1.63. The number of aromatic nitrogens is 2. The Morgan fingerprint density at radius 1 is 0.815 bits per heavy atom. The molecule has 11 nitrogen and oxygen atoms in total. The van der Waals surface area contributed by atoms with Gasteiger partial charge in [0.05, 0.1) is 25.1 Å². The summed E-state index contributed by atoms with van der Waals surface area (Å²) in [4.78, 5) is 57.8. The molecule has 1 atom stereocenters. The van der Waals surface area contributed by atoms with Gasteiger partial charge >= 0.3 is 12.2 Å². The third kappa shape index (κ3) is 9.62. The number of methoxy groups -OCH3 is 1. The van der Waals surface area contributed by atoms with Crippen molar-refractivity contribution in [2.24, 2.45) is 4.99 Å². The molecule has 12 heteroatoms. The number of aliphatic imine (C=N–C) groups is 1. The second kappa shape index (κ2) is 16.4. The summed E-state index contributed by atoms with van der Waals surface area (Å²) in [7, 11) is 1.61. The summed E-state index contributed by atoms with van der Waals surface area (Å²) < 4.78 is 16.4. The number of amides is 3. The van der Waals surface area contributed by atoms with E-state index in [0.29, 0.717) is 44.6 Å². The van der Waals surface area contributed by atoms with Crippen molar-refractivity contribution in [3.8, 4) is 5.75 Å². The molecule has 1 aliphatic rings. The summed E-state index contributed by atoms with van der Waals surface area (Å²) in [6.07, 6.45) is 3.05. The SMILES string of the molecule is CCc1ccc(CC2N=C(c3cnc(N(C(=O)OC(C)(C)C)C(=O)OC(C)(C)C)nc3)c3cc(Cl)ccc3N(Cc3ccc(OC)cc3)C2=O)cc1CC. The minimum absolute atomic E-state index is 0.194. The third-order valence-electron chi connectivity index (χ3n) is 8.57. The van der Waals surface area contributed by atoms with Gasteiger partial charge in [-0.15, -0.1) is 4.90 Å². The Hall–Kier alpha value is -5.29. The van der Waals surface area contributed by atoms with Crippen LogP contribution in [-0.4, -0.2) is 58.1 Å². The van der Waals surface area contributed by atoms with Crippen LogP contribution in [0.3, 0.4) is 0 Å². The number of aryl methyl sites for hydroxylation is 2. The highest BCUT2D eigenvalue weighted by molar-refractivity contribution is 6.32. The number of carbonyl (C=O) groups excluding carboxylic acids is 3. The lowest BCUT2D eigenvalue weighted by atomic mass is 9.96. The van der Waals surface area contributed by atoms with Crippen molar-refractivity contribution in [2.45, 2.75) is 98.4 Å². The first-order valence-corrected chi connectivity index (χ1v) is 18.4. The van der Waals surface area contributed by atoms with Crippen LogP contribution in [0.1, 0.15) is 88.8 Å². The molecule has 54 heavy (non-hydrogen) atoms. The van der Waals surface area contributed by atoms with Crippen LogP contribution in [0.5, 0.6) is 5.75 Å². The lowest BCUT2D eigenvalue weighted by Crippen LogP contribution is -2.44. The summed E-state index contributed by atoms with van der Waals surface area (Å²) in [5.74, 6) is 0.263. The fourth-order valence-electron chi connectivity index (χ4n) is 6.07. The number of benzodiazepines with no additional fused rings is 1. The minimum Gasteiger partial charge on any atom is -0.497 e. The zero-order valence-corrected chi connectivity index (χ0v) is 33.2. The molecule has 0 N–H and O–H groups in total. The van der Waals surface area contributed by atoms with Crippen molar-refractivity contribution in [3.05, 3.63) is 111 Å². The van der Waals surface area contributed by atoms with E-state index >= 15 is 0 Å². The number of anilines is 2. The van der Waals surface area contributed by atoms with Crippen molar-refractivity contribution in [2.75, 3.05) is 16.9 Å². The number of nitrogens with zero attached hydrogens (tertiary/aromatic N) is 5. The Morgan fingerprint density at radius 3 is 1.96 bits per heavy atom. The number of ether oxygens (including phenoxy) is 3. The van der Waals surface area contributed by atoms with E-state index in [1.807, 2.05) is 30.3 Å². The molecule has 0 spiro atoms. The second-order valence-corrected chi connectivity index (χ2v) is 15.4. The number of hydrogen-bond acceptors (Lipinski definition) is 9. The fourth-order valence-corrected chi connectivity index (χ4v) is 6.24. The molecule has 3 amide bonds. The van der Waals surface area contributed by atoms with Crippen molar-refractivity contribution in [1.82, 2.24) is 9.97 Å². The van der Waals surface area contributed by atoms with Gasteiger partial charge in [-0.25, -0.2) is 19.6 Å². The standard InChI is InChI=1S/C42H48ClN5O6/c1-10-28-15-12-27(20-29(28)11-2)21-34-37(49)47(25-26-13-17-32(52-9)18-14-26)35-19-16-31(43)22-33(35)36(46-34)30-23-44-38(45-24-30)48(39(50)53-41(3,4)5)40(51)54-42(6,7)8/h12-20,22-24,34H,10-11,21,25H2,1-9H3. The number of fused-ring (bicyclic) bond motifs is 1. The second-order valence-electron chi connectivity index (χ2n) is 15.0. The number of halogens is 1. The smallest absolute Gasteiger partial charge is 0.427 e. The molecule has 0 bridgehead atoms. The number of rotatable bonds is 9. The molecule has 0 saturated heterocycles. The van der Waals surface area contributed by atoms with Crippen LogP contribution < -0.4 is 14.5 Å². The maximum atomic E-state index is 14.7. The number of carbonyl (C=O) groups is 3. The fraction of sp³-hybridized carbons (Fsp3) is 0.381. The highest BCUT2D eigenvalue weighted by atomic mass is 35.5. The van der Waals surface area contributed by atoms with Crippen LogP contribution in [0.4, 0.5) is 21.2 Å². The van der Waals surface area contributed by atoms with Gasteiger partial charge < -0.3 is 19.1 Å².